The van der Waals surface area contributed by atoms with Crippen LogP contribution in [-0.4, -0.2) is 20.4 Å². The van der Waals surface area contributed by atoms with Crippen molar-refractivity contribution in [3.63, 3.8) is 0 Å². The average molecular weight is 245 g/mol. The van der Waals surface area contributed by atoms with E-state index >= 15 is 0 Å². The Morgan fingerprint density at radius 3 is 2.94 bits per heavy atom. The van der Waals surface area contributed by atoms with Crippen LogP contribution in [0.5, 0.6) is 0 Å². The molecule has 0 aromatic rings. The molecule has 0 saturated carbocycles. The number of hydrogen-bond donors (Lipinski definition) is 0. The molecule has 0 aromatic carbocycles. The van der Waals surface area contributed by atoms with E-state index < -0.39 is 0 Å². The highest BCUT2D eigenvalue weighted by Crippen LogP contribution is 2.21. The van der Waals surface area contributed by atoms with Crippen LogP contribution in [0.1, 0.15) is 26.7 Å². The van der Waals surface area contributed by atoms with Gasteiger partial charge in [0, 0.05) is 18.8 Å². The highest BCUT2D eigenvalue weighted by atomic mass is 16.5. The number of nitrogens with zero attached hydrogens (tertiary/aromatic N) is 1. The van der Waals surface area contributed by atoms with E-state index in [4.69, 9.17) is 4.74 Å². The summed E-state index contributed by atoms with van der Waals surface area (Å²) in [5, 5.41) is 0. The Labute approximate surface area is 111 Å². The summed E-state index contributed by atoms with van der Waals surface area (Å²) in [7, 11) is 3.35. The van der Waals surface area contributed by atoms with Gasteiger partial charge >= 0.3 is 0 Å². The van der Waals surface area contributed by atoms with E-state index in [1.54, 1.807) is 20.4 Å². The van der Waals surface area contributed by atoms with Crippen LogP contribution in [0.25, 0.3) is 0 Å². The largest absolute Gasteiger partial charge is 0.450 e. The Morgan fingerprint density at radius 1 is 1.50 bits per heavy atom. The summed E-state index contributed by atoms with van der Waals surface area (Å²) >= 11 is 0. The van der Waals surface area contributed by atoms with Crippen molar-refractivity contribution in [1.82, 2.24) is 0 Å². The molecule has 0 amide bonds. The second-order valence-electron chi connectivity index (χ2n) is 3.54. The van der Waals surface area contributed by atoms with Crippen LogP contribution in [0, 0.1) is 17.9 Å². The molecule has 0 spiro atoms. The van der Waals surface area contributed by atoms with Gasteiger partial charge in [-0.15, -0.1) is 0 Å². The third-order valence-corrected chi connectivity index (χ3v) is 2.29. The average Bonchev–Trinajstić information content (AvgIpc) is 2.44. The fourth-order valence-corrected chi connectivity index (χ4v) is 1.52. The lowest BCUT2D eigenvalue weighted by Crippen LogP contribution is -2.00. The third-order valence-electron chi connectivity index (χ3n) is 2.29. The lowest BCUT2D eigenvalue weighted by atomic mass is 9.92. The van der Waals surface area contributed by atoms with Gasteiger partial charge in [0.05, 0.1) is 7.11 Å². The molecule has 0 aliphatic heterocycles. The molecular weight excluding hydrogens is 222 g/mol. The van der Waals surface area contributed by atoms with Gasteiger partial charge in [0.25, 0.3) is 0 Å². The molecule has 98 valence electrons. The van der Waals surface area contributed by atoms with Crippen LogP contribution >= 0.6 is 0 Å². The monoisotopic (exact) mass is 245 g/mol. The lowest BCUT2D eigenvalue weighted by Gasteiger charge is -2.12. The Bertz CT molecular complexity index is 378. The maximum Gasteiger partial charge on any atom is 0.114 e. The molecule has 1 rings (SSSR count). The van der Waals surface area contributed by atoms with Crippen LogP contribution in [0.4, 0.5) is 0 Å². The van der Waals surface area contributed by atoms with Gasteiger partial charge in [-0.2, -0.15) is 0 Å². The van der Waals surface area contributed by atoms with Gasteiger partial charge < -0.3 is 4.74 Å². The van der Waals surface area contributed by atoms with Crippen molar-refractivity contribution >= 4 is 6.21 Å². The van der Waals surface area contributed by atoms with E-state index in [1.807, 2.05) is 26.0 Å². The Kier molecular flexibility index (Phi) is 10.6. The summed E-state index contributed by atoms with van der Waals surface area (Å²) < 4.78 is 4.74. The van der Waals surface area contributed by atoms with Crippen molar-refractivity contribution in [3.8, 4) is 12.0 Å². The second-order valence-corrected chi connectivity index (χ2v) is 3.54. The van der Waals surface area contributed by atoms with Crippen molar-refractivity contribution in [3.05, 3.63) is 36.0 Å². The first-order valence-electron chi connectivity index (χ1n) is 6.35. The first kappa shape index (κ1) is 16.2. The van der Waals surface area contributed by atoms with Crippen LogP contribution in [0.3, 0.4) is 0 Å². The Balaban J connectivity index is 0.00000137. The smallest absolute Gasteiger partial charge is 0.114 e. The normalized spacial score (nSPS) is 17.8. The molecule has 18 heavy (non-hydrogen) atoms. The molecule has 1 aliphatic carbocycles. The van der Waals surface area contributed by atoms with Gasteiger partial charge in [0.2, 0.25) is 0 Å². The number of aliphatic imine (C=N–C) groups is 1. The second kappa shape index (κ2) is 11.7. The highest BCUT2D eigenvalue weighted by molar-refractivity contribution is 5.70. The molecule has 0 fully saturated rings. The number of rotatable bonds is 3. The Hall–Kier alpha value is -1.75. The van der Waals surface area contributed by atoms with Crippen molar-refractivity contribution in [2.75, 3.05) is 14.2 Å². The van der Waals surface area contributed by atoms with Gasteiger partial charge in [0.15, 0.2) is 0 Å². The van der Waals surface area contributed by atoms with Gasteiger partial charge in [-0.1, -0.05) is 38.2 Å². The van der Waals surface area contributed by atoms with Crippen LogP contribution in [0.2, 0.25) is 0 Å². The van der Waals surface area contributed by atoms with E-state index in [9.17, 15) is 0 Å². The first-order valence-corrected chi connectivity index (χ1v) is 6.35. The predicted octanol–water partition coefficient (Wildman–Crippen LogP) is 3.77. The summed E-state index contributed by atoms with van der Waals surface area (Å²) in [6.45, 7) is 4.00. The number of hydrogen-bond acceptors (Lipinski definition) is 2. The summed E-state index contributed by atoms with van der Waals surface area (Å²) in [6, 6.07) is 0. The van der Waals surface area contributed by atoms with Crippen molar-refractivity contribution < 1.29 is 4.74 Å². The molecular formula is C16H23NO. The third kappa shape index (κ3) is 7.51. The van der Waals surface area contributed by atoms with E-state index in [1.165, 1.54) is 0 Å². The fourth-order valence-electron chi connectivity index (χ4n) is 1.52. The van der Waals surface area contributed by atoms with Crippen LogP contribution in [-0.2, 0) is 4.74 Å². The summed E-state index contributed by atoms with van der Waals surface area (Å²) in [6.07, 6.45) is 16.9. The fraction of sp³-hybridized carbons (Fsp3) is 0.438. The van der Waals surface area contributed by atoms with Gasteiger partial charge in [-0.05, 0) is 30.8 Å². The van der Waals surface area contributed by atoms with Gasteiger partial charge in [-0.3, -0.25) is 4.99 Å². The lowest BCUT2D eigenvalue weighted by molar-refractivity contribution is 0.372. The van der Waals surface area contributed by atoms with Crippen molar-refractivity contribution in [2.24, 2.45) is 10.9 Å². The van der Waals surface area contributed by atoms with E-state index in [0.717, 1.165) is 18.4 Å². The molecule has 1 unspecified atom stereocenters. The number of ether oxygens (including phenoxy) is 1. The molecule has 0 bridgehead atoms. The SMILES string of the molecule is CC.CN=C/C=C\CC1C=CC=C(C#COC)C1. The maximum atomic E-state index is 4.74. The van der Waals surface area contributed by atoms with Crippen molar-refractivity contribution in [2.45, 2.75) is 26.7 Å². The molecule has 0 heterocycles. The quantitative estimate of drug-likeness (QED) is 0.548. The van der Waals surface area contributed by atoms with E-state index in [0.29, 0.717) is 5.92 Å². The van der Waals surface area contributed by atoms with Gasteiger partial charge in [-0.25, -0.2) is 0 Å². The topological polar surface area (TPSA) is 21.6 Å². The van der Waals surface area contributed by atoms with Crippen LogP contribution in [0.15, 0.2) is 40.9 Å². The zero-order chi connectivity index (χ0) is 13.6. The highest BCUT2D eigenvalue weighted by Gasteiger charge is 2.08. The molecule has 0 N–H and O–H groups in total. The maximum absolute atomic E-state index is 4.74. The molecule has 1 aliphatic rings. The number of allylic oxidation sites excluding steroid dienone is 6. The summed E-state index contributed by atoms with van der Waals surface area (Å²) in [4.78, 5) is 3.89. The van der Waals surface area contributed by atoms with E-state index in [2.05, 4.69) is 35.2 Å². The predicted molar refractivity (Wildman–Crippen MR) is 79.6 cm³/mol. The minimum absolute atomic E-state index is 0.535. The van der Waals surface area contributed by atoms with Crippen LogP contribution < -0.4 is 0 Å². The Morgan fingerprint density at radius 2 is 2.28 bits per heavy atom. The minimum Gasteiger partial charge on any atom is -0.450 e. The summed E-state index contributed by atoms with van der Waals surface area (Å²) in [5.41, 5.74) is 1.13. The zero-order valence-electron chi connectivity index (χ0n) is 11.8. The minimum atomic E-state index is 0.535. The molecule has 0 aromatic heterocycles. The van der Waals surface area contributed by atoms with Crippen molar-refractivity contribution in [1.29, 1.82) is 0 Å². The van der Waals surface area contributed by atoms with Gasteiger partial charge in [0.1, 0.15) is 6.11 Å². The molecule has 2 nitrogen and oxygen atoms in total. The molecule has 0 saturated heterocycles. The van der Waals surface area contributed by atoms with E-state index in [-0.39, 0.29) is 0 Å². The zero-order valence-corrected chi connectivity index (χ0v) is 11.8. The number of methoxy groups -OCH3 is 1. The summed E-state index contributed by atoms with van der Waals surface area (Å²) in [5.74, 6) is 3.52. The first-order chi connectivity index (χ1) is 8.86. The standard InChI is InChI=1S/C14H17NO.C2H6/c1-15-10-4-3-6-13-7-5-8-14(12-13)9-11-16-2;1-2/h3-5,7-8,10,13H,6,12H2,1-2H3;1-2H3/b4-3-,15-10?;. The molecule has 0 radical (unpaired) electrons. The molecule has 2 heteroatoms. The molecule has 1 atom stereocenters.